The van der Waals surface area contributed by atoms with Gasteiger partial charge in [0.2, 0.25) is 0 Å². The Kier molecular flexibility index (Phi) is 3.11. The molecule has 0 heterocycles. The molecular formula is C10H13O2. The predicted molar refractivity (Wildman–Crippen MR) is 47.4 cm³/mol. The first kappa shape index (κ1) is 9.07. The summed E-state index contributed by atoms with van der Waals surface area (Å²) in [7, 11) is 1.63. The molecule has 0 aliphatic rings. The highest BCUT2D eigenvalue weighted by Crippen LogP contribution is 2.21. The fourth-order valence-corrected chi connectivity index (χ4v) is 1.23. The summed E-state index contributed by atoms with van der Waals surface area (Å²) in [4.78, 5) is 0. The highest BCUT2D eigenvalue weighted by atomic mass is 16.5. The molecule has 1 radical (unpaired) electrons. The fraction of sp³-hybridized carbons (Fsp3) is 0.400. The van der Waals surface area contributed by atoms with Crippen molar-refractivity contribution in [1.82, 2.24) is 0 Å². The first-order chi connectivity index (χ1) is 5.79. The van der Waals surface area contributed by atoms with Crippen molar-refractivity contribution < 1.29 is 9.84 Å². The molecule has 2 nitrogen and oxygen atoms in total. The highest BCUT2D eigenvalue weighted by molar-refractivity contribution is 5.39. The lowest BCUT2D eigenvalue weighted by molar-refractivity contribution is 0.296. The Balaban J connectivity index is 3.02. The molecule has 0 spiro atoms. The molecule has 0 bridgehead atoms. The summed E-state index contributed by atoms with van der Waals surface area (Å²) >= 11 is 0. The van der Waals surface area contributed by atoms with Gasteiger partial charge in [-0.2, -0.15) is 0 Å². The number of methoxy groups -OCH3 is 1. The van der Waals surface area contributed by atoms with Crippen LogP contribution in [0.15, 0.2) is 12.1 Å². The van der Waals surface area contributed by atoms with Gasteiger partial charge >= 0.3 is 0 Å². The van der Waals surface area contributed by atoms with Crippen molar-refractivity contribution in [3.63, 3.8) is 0 Å². The summed E-state index contributed by atoms with van der Waals surface area (Å²) in [6.45, 7) is 2.14. The van der Waals surface area contributed by atoms with Crippen LogP contribution >= 0.6 is 0 Å². The molecule has 12 heavy (non-hydrogen) atoms. The lowest BCUT2D eigenvalue weighted by atomic mass is 10.1. The third-order valence-electron chi connectivity index (χ3n) is 1.87. The summed E-state index contributed by atoms with van der Waals surface area (Å²) in [5.41, 5.74) is 2.18. The minimum atomic E-state index is 0.154. The van der Waals surface area contributed by atoms with Crippen LogP contribution in [0.3, 0.4) is 0 Å². The Morgan fingerprint density at radius 1 is 1.50 bits per heavy atom. The summed E-state index contributed by atoms with van der Waals surface area (Å²) in [5, 5.41) is 8.80. The Morgan fingerprint density at radius 3 is 2.83 bits per heavy atom. The van der Waals surface area contributed by atoms with Crippen LogP contribution in [0.25, 0.3) is 0 Å². The molecule has 1 aromatic rings. The maximum atomic E-state index is 8.80. The zero-order chi connectivity index (χ0) is 8.97. The van der Waals surface area contributed by atoms with Crippen LogP contribution in [0.1, 0.15) is 11.1 Å². The lowest BCUT2D eigenvalue weighted by Gasteiger charge is -2.09. The number of aliphatic hydroxyl groups is 1. The normalized spacial score (nSPS) is 9.92. The first-order valence-corrected chi connectivity index (χ1v) is 3.94. The summed E-state index contributed by atoms with van der Waals surface area (Å²) < 4.78 is 5.14. The molecule has 0 aliphatic carbocycles. The van der Waals surface area contributed by atoms with Gasteiger partial charge in [-0.3, -0.25) is 0 Å². The van der Waals surface area contributed by atoms with Gasteiger partial charge in [-0.05, 0) is 36.6 Å². The second kappa shape index (κ2) is 4.12. The van der Waals surface area contributed by atoms with E-state index in [9.17, 15) is 0 Å². The van der Waals surface area contributed by atoms with Crippen molar-refractivity contribution in [2.75, 3.05) is 13.7 Å². The van der Waals surface area contributed by atoms with E-state index in [4.69, 9.17) is 9.84 Å². The molecular weight excluding hydrogens is 152 g/mol. The van der Waals surface area contributed by atoms with Gasteiger partial charge in [0.15, 0.2) is 0 Å². The average Bonchev–Trinajstić information content (AvgIpc) is 2.09. The summed E-state index contributed by atoms with van der Waals surface area (Å²) in [6, 6.07) is 6.66. The summed E-state index contributed by atoms with van der Waals surface area (Å²) in [6.07, 6.45) is 0.643. The van der Waals surface area contributed by atoms with Gasteiger partial charge in [-0.25, -0.2) is 0 Å². The number of aryl methyl sites for hydroxylation is 1. The van der Waals surface area contributed by atoms with E-state index in [0.717, 1.165) is 16.9 Å². The Morgan fingerprint density at radius 2 is 2.25 bits per heavy atom. The van der Waals surface area contributed by atoms with Crippen molar-refractivity contribution in [2.45, 2.75) is 13.3 Å². The van der Waals surface area contributed by atoms with Gasteiger partial charge in [0.05, 0.1) is 7.11 Å². The first-order valence-electron chi connectivity index (χ1n) is 3.94. The molecule has 0 unspecified atom stereocenters. The van der Waals surface area contributed by atoms with Gasteiger partial charge in [0.1, 0.15) is 5.75 Å². The molecule has 65 valence electrons. The van der Waals surface area contributed by atoms with Crippen molar-refractivity contribution in [2.24, 2.45) is 0 Å². The topological polar surface area (TPSA) is 29.5 Å². The Labute approximate surface area is 72.8 Å². The van der Waals surface area contributed by atoms with E-state index in [0.29, 0.717) is 6.42 Å². The van der Waals surface area contributed by atoms with Gasteiger partial charge < -0.3 is 9.84 Å². The third-order valence-corrected chi connectivity index (χ3v) is 1.87. The van der Waals surface area contributed by atoms with Crippen molar-refractivity contribution in [3.8, 4) is 5.75 Å². The van der Waals surface area contributed by atoms with Crippen LogP contribution in [-0.4, -0.2) is 18.8 Å². The monoisotopic (exact) mass is 165 g/mol. The van der Waals surface area contributed by atoms with Crippen LogP contribution in [-0.2, 0) is 6.42 Å². The van der Waals surface area contributed by atoms with Gasteiger partial charge in [0, 0.05) is 6.61 Å². The predicted octanol–water partition coefficient (Wildman–Crippen LogP) is 1.34. The number of hydrogen-bond acceptors (Lipinski definition) is 2. The van der Waals surface area contributed by atoms with E-state index in [1.807, 2.05) is 13.0 Å². The number of hydrogen-bond donors (Lipinski definition) is 1. The second-order valence-corrected chi connectivity index (χ2v) is 2.66. The molecule has 1 aromatic carbocycles. The smallest absolute Gasteiger partial charge is 0.123 e. The Bertz CT molecular complexity index is 256. The molecule has 0 amide bonds. The largest absolute Gasteiger partial charge is 0.496 e. The maximum Gasteiger partial charge on any atom is 0.123 e. The van der Waals surface area contributed by atoms with E-state index >= 15 is 0 Å². The Hall–Kier alpha value is -1.02. The zero-order valence-electron chi connectivity index (χ0n) is 7.42. The molecule has 2 heteroatoms. The minimum absolute atomic E-state index is 0.154. The SMILES string of the molecule is COc1c[c]cc(C)c1CCO. The van der Waals surface area contributed by atoms with Crippen LogP contribution in [0.4, 0.5) is 0 Å². The molecule has 0 saturated heterocycles. The van der Waals surface area contributed by atoms with Crippen molar-refractivity contribution in [3.05, 3.63) is 29.3 Å². The van der Waals surface area contributed by atoms with Crippen molar-refractivity contribution in [1.29, 1.82) is 0 Å². The van der Waals surface area contributed by atoms with Crippen LogP contribution in [0.5, 0.6) is 5.75 Å². The van der Waals surface area contributed by atoms with Gasteiger partial charge in [-0.1, -0.05) is 6.07 Å². The molecule has 0 atom stereocenters. The van der Waals surface area contributed by atoms with Crippen molar-refractivity contribution >= 4 is 0 Å². The van der Waals surface area contributed by atoms with E-state index in [1.54, 1.807) is 13.2 Å². The second-order valence-electron chi connectivity index (χ2n) is 2.66. The molecule has 0 aromatic heterocycles. The maximum absolute atomic E-state index is 8.80. The minimum Gasteiger partial charge on any atom is -0.496 e. The van der Waals surface area contributed by atoms with Gasteiger partial charge in [0.25, 0.3) is 0 Å². The molecule has 0 saturated carbocycles. The molecule has 0 fully saturated rings. The van der Waals surface area contributed by atoms with E-state index in [2.05, 4.69) is 6.07 Å². The van der Waals surface area contributed by atoms with E-state index in [-0.39, 0.29) is 6.61 Å². The van der Waals surface area contributed by atoms with Crippen LogP contribution < -0.4 is 4.74 Å². The van der Waals surface area contributed by atoms with Crippen LogP contribution in [0, 0.1) is 13.0 Å². The molecule has 1 rings (SSSR count). The summed E-state index contributed by atoms with van der Waals surface area (Å²) in [5.74, 6) is 0.809. The number of ether oxygens (including phenoxy) is 1. The molecule has 0 aliphatic heterocycles. The standard InChI is InChI=1S/C10H13O2/c1-8-4-3-5-10(12-2)9(8)6-7-11/h4-5,11H,6-7H2,1-2H3. The number of aliphatic hydroxyl groups excluding tert-OH is 1. The quantitative estimate of drug-likeness (QED) is 0.732. The number of rotatable bonds is 3. The van der Waals surface area contributed by atoms with Crippen LogP contribution in [0.2, 0.25) is 0 Å². The lowest BCUT2D eigenvalue weighted by Crippen LogP contribution is -1.98. The highest BCUT2D eigenvalue weighted by Gasteiger charge is 2.04. The zero-order valence-corrected chi connectivity index (χ0v) is 7.42. The molecule has 1 N–H and O–H groups in total. The van der Waals surface area contributed by atoms with Gasteiger partial charge in [-0.15, -0.1) is 0 Å². The average molecular weight is 165 g/mol. The third kappa shape index (κ3) is 1.77. The number of benzene rings is 1. The van der Waals surface area contributed by atoms with E-state index in [1.165, 1.54) is 0 Å². The fourth-order valence-electron chi connectivity index (χ4n) is 1.23. The van der Waals surface area contributed by atoms with E-state index < -0.39 is 0 Å².